The Bertz CT molecular complexity index is 380. The van der Waals surface area contributed by atoms with E-state index in [1.54, 1.807) is 19.1 Å². The van der Waals surface area contributed by atoms with Crippen LogP contribution in [0.5, 0.6) is 0 Å². The Balaban J connectivity index is 2.04. The van der Waals surface area contributed by atoms with Crippen LogP contribution in [-0.4, -0.2) is 31.1 Å². The van der Waals surface area contributed by atoms with Crippen LogP contribution in [0.4, 0.5) is 0 Å². The second-order valence-electron chi connectivity index (χ2n) is 3.55. The Kier molecular flexibility index (Phi) is 4.29. The predicted octanol–water partition coefficient (Wildman–Crippen LogP) is 3.20. The molecule has 0 fully saturated rings. The number of methoxy groups -OCH3 is 1. The number of benzene rings is 1. The Labute approximate surface area is 105 Å². The second-order valence-corrected chi connectivity index (χ2v) is 5.11. The van der Waals surface area contributed by atoms with Gasteiger partial charge in [-0.2, -0.15) is 0 Å². The lowest BCUT2D eigenvalue weighted by molar-refractivity contribution is 0.185. The molecule has 1 aromatic rings. The third-order valence-corrected chi connectivity index (χ3v) is 4.02. The van der Waals surface area contributed by atoms with Crippen molar-refractivity contribution < 1.29 is 4.74 Å². The summed E-state index contributed by atoms with van der Waals surface area (Å²) in [5, 5.41) is 0.923. The Morgan fingerprint density at radius 2 is 2.12 bits per heavy atom. The Morgan fingerprint density at radius 3 is 2.81 bits per heavy atom. The van der Waals surface area contributed by atoms with Crippen molar-refractivity contribution in [3.05, 3.63) is 40.9 Å². The van der Waals surface area contributed by atoms with Gasteiger partial charge in [0, 0.05) is 30.1 Å². The summed E-state index contributed by atoms with van der Waals surface area (Å²) in [6.45, 7) is 2.44. The SMILES string of the molecule is COCCN1CC(Cl)=C(c2ccccc2)S1. The maximum atomic E-state index is 6.26. The average Bonchev–Trinajstić information content (AvgIpc) is 2.69. The van der Waals surface area contributed by atoms with E-state index in [0.717, 1.165) is 24.7 Å². The summed E-state index contributed by atoms with van der Waals surface area (Å²) in [6, 6.07) is 10.3. The molecule has 2 nitrogen and oxygen atoms in total. The molecule has 1 aliphatic heterocycles. The largest absolute Gasteiger partial charge is 0.383 e. The molecular formula is C12H14ClNOS. The van der Waals surface area contributed by atoms with Crippen molar-refractivity contribution in [1.29, 1.82) is 0 Å². The molecular weight excluding hydrogens is 242 g/mol. The highest BCUT2D eigenvalue weighted by Crippen LogP contribution is 2.41. The molecule has 1 aliphatic rings. The maximum Gasteiger partial charge on any atom is 0.0599 e. The summed E-state index contributed by atoms with van der Waals surface area (Å²) in [6.07, 6.45) is 0. The van der Waals surface area contributed by atoms with Crippen molar-refractivity contribution in [2.75, 3.05) is 26.8 Å². The normalized spacial score (nSPS) is 17.1. The van der Waals surface area contributed by atoms with Gasteiger partial charge in [-0.3, -0.25) is 0 Å². The number of rotatable bonds is 4. The lowest BCUT2D eigenvalue weighted by Crippen LogP contribution is -2.18. The minimum Gasteiger partial charge on any atom is -0.383 e. The van der Waals surface area contributed by atoms with Gasteiger partial charge in [0.05, 0.1) is 6.61 Å². The van der Waals surface area contributed by atoms with Crippen LogP contribution < -0.4 is 0 Å². The van der Waals surface area contributed by atoms with Gasteiger partial charge in [0.1, 0.15) is 0 Å². The first kappa shape index (κ1) is 12.0. The molecule has 0 saturated carbocycles. The van der Waals surface area contributed by atoms with Crippen molar-refractivity contribution in [1.82, 2.24) is 4.31 Å². The van der Waals surface area contributed by atoms with E-state index in [-0.39, 0.29) is 0 Å². The average molecular weight is 256 g/mol. The molecule has 0 unspecified atom stereocenters. The van der Waals surface area contributed by atoms with Crippen LogP contribution in [0.1, 0.15) is 5.56 Å². The molecule has 1 heterocycles. The summed E-state index contributed by atoms with van der Waals surface area (Å²) in [5.74, 6) is 0. The zero-order valence-electron chi connectivity index (χ0n) is 9.15. The maximum absolute atomic E-state index is 6.26. The fraction of sp³-hybridized carbons (Fsp3) is 0.333. The minimum absolute atomic E-state index is 0.735. The van der Waals surface area contributed by atoms with Crippen LogP contribution in [-0.2, 0) is 4.74 Å². The predicted molar refractivity (Wildman–Crippen MR) is 70.3 cm³/mol. The van der Waals surface area contributed by atoms with E-state index < -0.39 is 0 Å². The van der Waals surface area contributed by atoms with Crippen molar-refractivity contribution in [2.45, 2.75) is 0 Å². The topological polar surface area (TPSA) is 12.5 Å². The van der Waals surface area contributed by atoms with E-state index in [0.29, 0.717) is 0 Å². The van der Waals surface area contributed by atoms with Crippen LogP contribution >= 0.6 is 23.5 Å². The summed E-state index contributed by atoms with van der Waals surface area (Å²) in [5.41, 5.74) is 1.19. The molecule has 0 spiro atoms. The van der Waals surface area contributed by atoms with Crippen molar-refractivity contribution in [2.24, 2.45) is 0 Å². The van der Waals surface area contributed by atoms with Gasteiger partial charge in [-0.15, -0.1) is 0 Å². The third kappa shape index (κ3) is 2.80. The van der Waals surface area contributed by atoms with E-state index in [4.69, 9.17) is 16.3 Å². The van der Waals surface area contributed by atoms with Crippen molar-refractivity contribution in [3.63, 3.8) is 0 Å². The molecule has 0 N–H and O–H groups in total. The summed E-state index contributed by atoms with van der Waals surface area (Å²) >= 11 is 7.98. The summed E-state index contributed by atoms with van der Waals surface area (Å²) < 4.78 is 7.28. The number of hydrogen-bond donors (Lipinski definition) is 0. The van der Waals surface area contributed by atoms with E-state index in [9.17, 15) is 0 Å². The zero-order chi connectivity index (χ0) is 11.4. The highest BCUT2D eigenvalue weighted by Gasteiger charge is 2.22. The fourth-order valence-electron chi connectivity index (χ4n) is 1.55. The highest BCUT2D eigenvalue weighted by molar-refractivity contribution is 8.06. The number of hydrogen-bond acceptors (Lipinski definition) is 3. The lowest BCUT2D eigenvalue weighted by atomic mass is 10.2. The molecule has 16 heavy (non-hydrogen) atoms. The highest BCUT2D eigenvalue weighted by atomic mass is 35.5. The van der Waals surface area contributed by atoms with Gasteiger partial charge in [0.25, 0.3) is 0 Å². The van der Waals surface area contributed by atoms with Crippen LogP contribution in [0, 0.1) is 0 Å². The summed E-state index contributed by atoms with van der Waals surface area (Å²) in [4.78, 5) is 1.17. The molecule has 2 rings (SSSR count). The Hall–Kier alpha value is -0.480. The molecule has 0 amide bonds. The quantitative estimate of drug-likeness (QED) is 0.767. The third-order valence-electron chi connectivity index (χ3n) is 2.36. The molecule has 0 saturated heterocycles. The van der Waals surface area contributed by atoms with Gasteiger partial charge >= 0.3 is 0 Å². The molecule has 0 aromatic heterocycles. The summed E-state index contributed by atoms with van der Waals surface area (Å²) in [7, 11) is 1.72. The molecule has 0 bridgehead atoms. The van der Waals surface area contributed by atoms with Crippen LogP contribution in [0.2, 0.25) is 0 Å². The van der Waals surface area contributed by atoms with E-state index in [1.165, 1.54) is 10.5 Å². The molecule has 0 aliphatic carbocycles. The smallest absolute Gasteiger partial charge is 0.0599 e. The van der Waals surface area contributed by atoms with Gasteiger partial charge in [-0.1, -0.05) is 41.9 Å². The molecule has 0 atom stereocenters. The lowest BCUT2D eigenvalue weighted by Gasteiger charge is -2.13. The molecule has 86 valence electrons. The van der Waals surface area contributed by atoms with E-state index >= 15 is 0 Å². The van der Waals surface area contributed by atoms with Gasteiger partial charge in [0.15, 0.2) is 0 Å². The van der Waals surface area contributed by atoms with E-state index in [1.807, 2.05) is 18.2 Å². The zero-order valence-corrected chi connectivity index (χ0v) is 10.7. The minimum atomic E-state index is 0.735. The second kappa shape index (κ2) is 5.73. The van der Waals surface area contributed by atoms with Crippen molar-refractivity contribution in [3.8, 4) is 0 Å². The Morgan fingerprint density at radius 1 is 1.38 bits per heavy atom. The van der Waals surface area contributed by atoms with Gasteiger partial charge in [-0.05, 0) is 17.5 Å². The standard InChI is InChI=1S/C12H14ClNOS/c1-15-8-7-14-9-11(13)12(16-14)10-5-3-2-4-6-10/h2-6H,7-9H2,1H3. The van der Waals surface area contributed by atoms with Crippen LogP contribution in [0.15, 0.2) is 35.4 Å². The number of nitrogens with zero attached hydrogens (tertiary/aromatic N) is 1. The monoisotopic (exact) mass is 255 g/mol. The first-order chi connectivity index (χ1) is 7.81. The van der Waals surface area contributed by atoms with Gasteiger partial charge in [-0.25, -0.2) is 4.31 Å². The molecule has 4 heteroatoms. The van der Waals surface area contributed by atoms with E-state index in [2.05, 4.69) is 16.4 Å². The fourth-order valence-corrected chi connectivity index (χ4v) is 3.00. The van der Waals surface area contributed by atoms with Crippen LogP contribution in [0.3, 0.4) is 0 Å². The first-order valence-corrected chi connectivity index (χ1v) is 6.32. The first-order valence-electron chi connectivity index (χ1n) is 5.17. The number of ether oxygens (including phenoxy) is 1. The molecule has 1 aromatic carbocycles. The van der Waals surface area contributed by atoms with Gasteiger partial charge in [0.2, 0.25) is 0 Å². The molecule has 0 radical (unpaired) electrons. The number of halogens is 1. The van der Waals surface area contributed by atoms with Crippen LogP contribution in [0.25, 0.3) is 4.91 Å². The van der Waals surface area contributed by atoms with Crippen molar-refractivity contribution >= 4 is 28.5 Å². The van der Waals surface area contributed by atoms with Gasteiger partial charge < -0.3 is 4.74 Å².